The fraction of sp³-hybridized carbons (Fsp3) is 0.400. The standard InChI is InChI=1S/C10H13N3O2/c1-6-10(14)11-7-4-5-8(15-3)12-9(7)13(6)2/h4-6H,1-3H3,(H,11,14). The number of methoxy groups -OCH3 is 1. The van der Waals surface area contributed by atoms with Crippen molar-refractivity contribution in [2.45, 2.75) is 13.0 Å². The number of amides is 1. The van der Waals surface area contributed by atoms with Gasteiger partial charge < -0.3 is 15.0 Å². The van der Waals surface area contributed by atoms with Gasteiger partial charge in [-0.1, -0.05) is 0 Å². The number of fused-ring (bicyclic) bond motifs is 1. The maximum absolute atomic E-state index is 11.5. The van der Waals surface area contributed by atoms with Gasteiger partial charge in [-0.05, 0) is 13.0 Å². The Morgan fingerprint density at radius 2 is 2.27 bits per heavy atom. The fourth-order valence-electron chi connectivity index (χ4n) is 1.51. The molecule has 0 saturated carbocycles. The van der Waals surface area contributed by atoms with Crippen molar-refractivity contribution in [2.75, 3.05) is 24.4 Å². The molecule has 0 saturated heterocycles. The summed E-state index contributed by atoms with van der Waals surface area (Å²) in [5.41, 5.74) is 0.724. The lowest BCUT2D eigenvalue weighted by atomic mass is 10.2. The molecule has 80 valence electrons. The first-order valence-electron chi connectivity index (χ1n) is 4.72. The minimum atomic E-state index is -0.211. The summed E-state index contributed by atoms with van der Waals surface area (Å²) in [5, 5.41) is 2.79. The number of aromatic nitrogens is 1. The van der Waals surface area contributed by atoms with Crippen LogP contribution in [0.2, 0.25) is 0 Å². The van der Waals surface area contributed by atoms with Gasteiger partial charge in [-0.15, -0.1) is 0 Å². The Labute approximate surface area is 88.1 Å². The van der Waals surface area contributed by atoms with E-state index in [0.717, 1.165) is 11.5 Å². The molecule has 1 aliphatic heterocycles. The number of nitrogens with zero attached hydrogens (tertiary/aromatic N) is 2. The van der Waals surface area contributed by atoms with Crippen molar-refractivity contribution in [3.05, 3.63) is 12.1 Å². The first-order valence-corrected chi connectivity index (χ1v) is 4.72. The number of carbonyl (C=O) groups excluding carboxylic acids is 1. The van der Waals surface area contributed by atoms with E-state index in [0.29, 0.717) is 5.88 Å². The number of rotatable bonds is 1. The normalized spacial score (nSPS) is 19.5. The third-order valence-electron chi connectivity index (χ3n) is 2.61. The molecule has 1 amide bonds. The van der Waals surface area contributed by atoms with E-state index in [9.17, 15) is 4.79 Å². The second-order valence-corrected chi connectivity index (χ2v) is 3.50. The van der Waals surface area contributed by atoms with Crippen molar-refractivity contribution >= 4 is 17.4 Å². The van der Waals surface area contributed by atoms with Gasteiger partial charge in [0.1, 0.15) is 6.04 Å². The maximum Gasteiger partial charge on any atom is 0.246 e. The summed E-state index contributed by atoms with van der Waals surface area (Å²) >= 11 is 0. The summed E-state index contributed by atoms with van der Waals surface area (Å²) in [6.07, 6.45) is 0. The molecule has 5 nitrogen and oxygen atoms in total. The number of pyridine rings is 1. The van der Waals surface area contributed by atoms with Gasteiger partial charge in [-0.3, -0.25) is 4.79 Å². The van der Waals surface area contributed by atoms with Gasteiger partial charge in [0.15, 0.2) is 5.82 Å². The van der Waals surface area contributed by atoms with E-state index >= 15 is 0 Å². The highest BCUT2D eigenvalue weighted by Crippen LogP contribution is 2.30. The number of ether oxygens (including phenoxy) is 1. The summed E-state index contributed by atoms with van der Waals surface area (Å²) < 4.78 is 5.04. The lowest BCUT2D eigenvalue weighted by Gasteiger charge is -2.31. The Bertz CT molecular complexity index is 406. The van der Waals surface area contributed by atoms with Crippen LogP contribution >= 0.6 is 0 Å². The van der Waals surface area contributed by atoms with Crippen molar-refractivity contribution in [3.63, 3.8) is 0 Å². The molecule has 2 heterocycles. The Balaban J connectivity index is 2.46. The van der Waals surface area contributed by atoms with E-state index in [2.05, 4.69) is 10.3 Å². The molecule has 15 heavy (non-hydrogen) atoms. The van der Waals surface area contributed by atoms with Gasteiger partial charge in [-0.25, -0.2) is 0 Å². The molecule has 1 aromatic heterocycles. The molecular weight excluding hydrogens is 194 g/mol. The highest BCUT2D eigenvalue weighted by molar-refractivity contribution is 6.02. The van der Waals surface area contributed by atoms with Crippen LogP contribution in [-0.4, -0.2) is 31.1 Å². The van der Waals surface area contributed by atoms with Crippen molar-refractivity contribution < 1.29 is 9.53 Å². The Morgan fingerprint density at radius 3 is 2.93 bits per heavy atom. The van der Waals surface area contributed by atoms with E-state index < -0.39 is 0 Å². The summed E-state index contributed by atoms with van der Waals surface area (Å²) in [4.78, 5) is 17.6. The van der Waals surface area contributed by atoms with Crippen molar-refractivity contribution in [2.24, 2.45) is 0 Å². The number of hydrogen-bond acceptors (Lipinski definition) is 4. The molecule has 1 unspecified atom stereocenters. The van der Waals surface area contributed by atoms with Crippen LogP contribution in [0.5, 0.6) is 5.88 Å². The third kappa shape index (κ3) is 1.49. The molecule has 0 bridgehead atoms. The van der Waals surface area contributed by atoms with Gasteiger partial charge in [0, 0.05) is 13.1 Å². The molecule has 1 aromatic rings. The van der Waals surface area contributed by atoms with Gasteiger partial charge in [0.25, 0.3) is 0 Å². The maximum atomic E-state index is 11.5. The molecule has 5 heteroatoms. The zero-order valence-corrected chi connectivity index (χ0v) is 8.94. The fourth-order valence-corrected chi connectivity index (χ4v) is 1.51. The Kier molecular flexibility index (Phi) is 2.22. The van der Waals surface area contributed by atoms with Crippen LogP contribution < -0.4 is 15.0 Å². The minimum Gasteiger partial charge on any atom is -0.481 e. The highest BCUT2D eigenvalue weighted by atomic mass is 16.5. The quantitative estimate of drug-likeness (QED) is 0.742. The summed E-state index contributed by atoms with van der Waals surface area (Å²) in [5.74, 6) is 1.27. The van der Waals surface area contributed by atoms with E-state index in [1.54, 1.807) is 19.2 Å². The van der Waals surface area contributed by atoms with Crippen LogP contribution in [0.1, 0.15) is 6.92 Å². The predicted octanol–water partition coefficient (Wildman–Crippen LogP) is 0.867. The lowest BCUT2D eigenvalue weighted by Crippen LogP contribution is -2.44. The summed E-state index contributed by atoms with van der Waals surface area (Å²) in [6, 6.07) is 3.31. The summed E-state index contributed by atoms with van der Waals surface area (Å²) in [7, 11) is 3.41. The van der Waals surface area contributed by atoms with Gasteiger partial charge in [0.2, 0.25) is 11.8 Å². The molecule has 1 atom stereocenters. The average Bonchev–Trinajstić information content (AvgIpc) is 2.26. The predicted molar refractivity (Wildman–Crippen MR) is 57.3 cm³/mol. The Hall–Kier alpha value is -1.78. The van der Waals surface area contributed by atoms with E-state index in [1.807, 2.05) is 18.9 Å². The molecule has 0 aromatic carbocycles. The number of carbonyl (C=O) groups is 1. The number of anilines is 2. The minimum absolute atomic E-state index is 0.0167. The van der Waals surface area contributed by atoms with Crippen molar-refractivity contribution in [1.82, 2.24) is 4.98 Å². The number of nitrogens with one attached hydrogen (secondary N) is 1. The van der Waals surface area contributed by atoms with Gasteiger partial charge in [0.05, 0.1) is 12.8 Å². The molecule has 1 N–H and O–H groups in total. The van der Waals surface area contributed by atoms with E-state index in [4.69, 9.17) is 4.74 Å². The summed E-state index contributed by atoms with van der Waals surface area (Å²) in [6.45, 7) is 1.83. The SMILES string of the molecule is COc1ccc2c(n1)N(C)C(C)C(=O)N2. The highest BCUT2D eigenvalue weighted by Gasteiger charge is 2.27. The molecule has 1 aliphatic rings. The van der Waals surface area contributed by atoms with E-state index in [-0.39, 0.29) is 11.9 Å². The molecular formula is C10H13N3O2. The molecule has 0 fully saturated rings. The topological polar surface area (TPSA) is 54.5 Å². The molecule has 0 aliphatic carbocycles. The zero-order chi connectivity index (χ0) is 11.0. The van der Waals surface area contributed by atoms with Crippen LogP contribution in [0.3, 0.4) is 0 Å². The van der Waals surface area contributed by atoms with Crippen LogP contribution in [0.25, 0.3) is 0 Å². The first-order chi connectivity index (χ1) is 7.13. The number of likely N-dealkylation sites (N-methyl/N-ethyl adjacent to an activating group) is 1. The van der Waals surface area contributed by atoms with Gasteiger partial charge >= 0.3 is 0 Å². The van der Waals surface area contributed by atoms with Crippen LogP contribution in [0, 0.1) is 0 Å². The number of hydrogen-bond donors (Lipinski definition) is 1. The smallest absolute Gasteiger partial charge is 0.246 e. The second-order valence-electron chi connectivity index (χ2n) is 3.50. The third-order valence-corrected chi connectivity index (χ3v) is 2.61. The lowest BCUT2D eigenvalue weighted by molar-refractivity contribution is -0.117. The average molecular weight is 207 g/mol. The zero-order valence-electron chi connectivity index (χ0n) is 8.94. The largest absolute Gasteiger partial charge is 0.481 e. The molecule has 2 rings (SSSR count). The second kappa shape index (κ2) is 3.42. The molecule has 0 radical (unpaired) electrons. The van der Waals surface area contributed by atoms with Crippen LogP contribution in [0.4, 0.5) is 11.5 Å². The van der Waals surface area contributed by atoms with Crippen molar-refractivity contribution in [3.8, 4) is 5.88 Å². The first kappa shape index (κ1) is 9.76. The van der Waals surface area contributed by atoms with Gasteiger partial charge in [-0.2, -0.15) is 4.98 Å². The molecule has 0 spiro atoms. The van der Waals surface area contributed by atoms with Crippen molar-refractivity contribution in [1.29, 1.82) is 0 Å². The Morgan fingerprint density at radius 1 is 1.53 bits per heavy atom. The monoisotopic (exact) mass is 207 g/mol. The van der Waals surface area contributed by atoms with E-state index in [1.165, 1.54) is 0 Å². The van der Waals surface area contributed by atoms with Crippen LogP contribution in [-0.2, 0) is 4.79 Å². The van der Waals surface area contributed by atoms with Crippen LogP contribution in [0.15, 0.2) is 12.1 Å².